The van der Waals surface area contributed by atoms with Gasteiger partial charge in [-0.15, -0.1) is 11.6 Å². The molecular weight excluding hydrogens is 376 g/mol. The second-order valence-electron chi connectivity index (χ2n) is 7.44. The second-order valence-corrected chi connectivity index (χ2v) is 7.71. The minimum atomic E-state index is -0.507. The molecule has 1 atom stereocenters. The molecule has 28 heavy (non-hydrogen) atoms. The summed E-state index contributed by atoms with van der Waals surface area (Å²) in [5.74, 6) is 1.19. The van der Waals surface area contributed by atoms with Crippen molar-refractivity contribution < 1.29 is 4.79 Å². The van der Waals surface area contributed by atoms with Crippen LogP contribution >= 0.6 is 11.6 Å². The van der Waals surface area contributed by atoms with E-state index in [4.69, 9.17) is 17.3 Å². The molecule has 1 saturated heterocycles. The largest absolute Gasteiger partial charge is 0.354 e. The first-order valence-corrected chi connectivity index (χ1v) is 9.78. The van der Waals surface area contributed by atoms with Crippen molar-refractivity contribution in [3.63, 3.8) is 0 Å². The van der Waals surface area contributed by atoms with Crippen molar-refractivity contribution >= 4 is 34.4 Å². The van der Waals surface area contributed by atoms with Gasteiger partial charge in [0.15, 0.2) is 0 Å². The van der Waals surface area contributed by atoms with Crippen molar-refractivity contribution in [3.05, 3.63) is 53.5 Å². The lowest BCUT2D eigenvalue weighted by atomic mass is 10.00. The van der Waals surface area contributed by atoms with E-state index in [1.807, 2.05) is 25.3 Å². The summed E-state index contributed by atoms with van der Waals surface area (Å²) >= 11 is 5.79. The van der Waals surface area contributed by atoms with Crippen LogP contribution in [0.15, 0.2) is 36.8 Å². The third kappa shape index (κ3) is 3.55. The van der Waals surface area contributed by atoms with E-state index in [9.17, 15) is 4.79 Å². The number of aromatic nitrogens is 3. The van der Waals surface area contributed by atoms with E-state index in [1.165, 1.54) is 0 Å². The number of alkyl halides is 1. The van der Waals surface area contributed by atoms with Gasteiger partial charge in [-0.05, 0) is 36.6 Å². The van der Waals surface area contributed by atoms with Gasteiger partial charge in [-0.25, -0.2) is 9.97 Å². The standard InChI is InChI=1S/C20H23ClN6O/c1-13-9-23-17-16(13)18(26-12-25-17)27-7-6-20(22,11-27)10-24-19(28)15-4-2-14(8-21)3-5-15/h2-5,9,12H,6-8,10-11,22H2,1H3,(H,24,28)(H,23,25,26). The molecule has 4 rings (SSSR count). The predicted molar refractivity (Wildman–Crippen MR) is 111 cm³/mol. The summed E-state index contributed by atoms with van der Waals surface area (Å²) in [5, 5.41) is 4.00. The van der Waals surface area contributed by atoms with Crippen LogP contribution in [-0.4, -0.2) is 46.0 Å². The third-order valence-electron chi connectivity index (χ3n) is 5.30. The molecule has 1 amide bonds. The molecule has 1 aliphatic heterocycles. The van der Waals surface area contributed by atoms with Gasteiger partial charge >= 0.3 is 0 Å². The maximum absolute atomic E-state index is 12.4. The number of benzene rings is 1. The number of anilines is 1. The zero-order valence-corrected chi connectivity index (χ0v) is 16.5. The number of nitrogens with two attached hydrogens (primary N) is 1. The Morgan fingerprint density at radius 3 is 2.89 bits per heavy atom. The maximum atomic E-state index is 12.4. The molecule has 4 N–H and O–H groups in total. The fraction of sp³-hybridized carbons (Fsp3) is 0.350. The number of carbonyl (C=O) groups excluding carboxylic acids is 1. The Balaban J connectivity index is 1.43. The lowest BCUT2D eigenvalue weighted by molar-refractivity contribution is 0.0945. The number of aromatic amines is 1. The van der Waals surface area contributed by atoms with Crippen molar-refractivity contribution in [2.45, 2.75) is 24.8 Å². The number of fused-ring (bicyclic) bond motifs is 1. The van der Waals surface area contributed by atoms with Crippen molar-refractivity contribution in [1.29, 1.82) is 0 Å². The van der Waals surface area contributed by atoms with Crippen molar-refractivity contribution in [2.75, 3.05) is 24.5 Å². The van der Waals surface area contributed by atoms with Crippen LogP contribution in [0.2, 0.25) is 0 Å². The average molecular weight is 399 g/mol. The van der Waals surface area contributed by atoms with Gasteiger partial charge in [0.2, 0.25) is 0 Å². The van der Waals surface area contributed by atoms with E-state index in [0.717, 1.165) is 40.9 Å². The first kappa shape index (κ1) is 18.7. The molecule has 146 valence electrons. The van der Waals surface area contributed by atoms with E-state index in [-0.39, 0.29) is 5.91 Å². The Labute approximate surface area is 168 Å². The molecular formula is C20H23ClN6O. The van der Waals surface area contributed by atoms with Crippen LogP contribution in [0.3, 0.4) is 0 Å². The molecule has 0 aliphatic carbocycles. The van der Waals surface area contributed by atoms with E-state index in [1.54, 1.807) is 18.5 Å². The Kier molecular flexibility index (Phi) is 4.95. The highest BCUT2D eigenvalue weighted by atomic mass is 35.5. The number of nitrogens with zero attached hydrogens (tertiary/aromatic N) is 3. The van der Waals surface area contributed by atoms with Crippen LogP contribution < -0.4 is 16.0 Å². The molecule has 8 heteroatoms. The fourth-order valence-electron chi connectivity index (χ4n) is 3.66. The molecule has 7 nitrogen and oxygen atoms in total. The molecule has 0 radical (unpaired) electrons. The van der Waals surface area contributed by atoms with Crippen LogP contribution in [0.5, 0.6) is 0 Å². The van der Waals surface area contributed by atoms with E-state index >= 15 is 0 Å². The number of amides is 1. The number of hydrogen-bond donors (Lipinski definition) is 3. The molecule has 0 bridgehead atoms. The first-order chi connectivity index (χ1) is 13.5. The Morgan fingerprint density at radius 2 is 2.14 bits per heavy atom. The minimum Gasteiger partial charge on any atom is -0.354 e. The van der Waals surface area contributed by atoms with Crippen molar-refractivity contribution in [3.8, 4) is 0 Å². The van der Waals surface area contributed by atoms with Gasteiger partial charge in [0.1, 0.15) is 17.8 Å². The van der Waals surface area contributed by atoms with Gasteiger partial charge in [0.25, 0.3) is 5.91 Å². The summed E-state index contributed by atoms with van der Waals surface area (Å²) < 4.78 is 0. The van der Waals surface area contributed by atoms with Crippen LogP contribution in [0.25, 0.3) is 11.0 Å². The van der Waals surface area contributed by atoms with Gasteiger partial charge in [-0.3, -0.25) is 4.79 Å². The van der Waals surface area contributed by atoms with Gasteiger partial charge in [-0.1, -0.05) is 12.1 Å². The summed E-state index contributed by atoms with van der Waals surface area (Å²) in [6, 6.07) is 7.28. The Hall–Kier alpha value is -2.64. The van der Waals surface area contributed by atoms with Crippen LogP contribution in [-0.2, 0) is 5.88 Å². The number of nitrogens with one attached hydrogen (secondary N) is 2. The second kappa shape index (κ2) is 7.41. The smallest absolute Gasteiger partial charge is 0.251 e. The Morgan fingerprint density at radius 1 is 1.36 bits per heavy atom. The topological polar surface area (TPSA) is 99.9 Å². The number of aryl methyl sites for hydroxylation is 1. The first-order valence-electron chi connectivity index (χ1n) is 9.25. The van der Waals surface area contributed by atoms with E-state index in [0.29, 0.717) is 24.5 Å². The molecule has 1 aromatic carbocycles. The molecule has 1 unspecified atom stereocenters. The van der Waals surface area contributed by atoms with Crippen molar-refractivity contribution in [2.24, 2.45) is 5.73 Å². The fourth-order valence-corrected chi connectivity index (χ4v) is 3.84. The molecule has 3 heterocycles. The molecule has 0 saturated carbocycles. The number of carbonyl (C=O) groups is 1. The summed E-state index contributed by atoms with van der Waals surface area (Å²) in [5.41, 5.74) is 9.60. The number of H-pyrrole nitrogens is 1. The van der Waals surface area contributed by atoms with Gasteiger partial charge in [0, 0.05) is 37.3 Å². The average Bonchev–Trinajstić information content (AvgIpc) is 3.30. The molecule has 2 aromatic heterocycles. The monoisotopic (exact) mass is 398 g/mol. The number of rotatable bonds is 5. The zero-order valence-electron chi connectivity index (χ0n) is 15.7. The van der Waals surface area contributed by atoms with Gasteiger partial charge in [-0.2, -0.15) is 0 Å². The van der Waals surface area contributed by atoms with Gasteiger partial charge < -0.3 is 20.9 Å². The highest BCUT2D eigenvalue weighted by Gasteiger charge is 2.36. The van der Waals surface area contributed by atoms with E-state index in [2.05, 4.69) is 25.2 Å². The molecule has 3 aromatic rings. The molecule has 1 aliphatic rings. The summed E-state index contributed by atoms with van der Waals surface area (Å²) in [6.07, 6.45) is 4.27. The highest BCUT2D eigenvalue weighted by Crippen LogP contribution is 2.30. The molecule has 0 spiro atoms. The lowest BCUT2D eigenvalue weighted by Gasteiger charge is -2.25. The van der Waals surface area contributed by atoms with Gasteiger partial charge in [0.05, 0.1) is 10.9 Å². The predicted octanol–water partition coefficient (Wildman–Crippen LogP) is 2.34. The lowest BCUT2D eigenvalue weighted by Crippen LogP contribution is -2.52. The Bertz CT molecular complexity index is 1000. The number of hydrogen-bond acceptors (Lipinski definition) is 5. The van der Waals surface area contributed by atoms with Crippen LogP contribution in [0.1, 0.15) is 27.9 Å². The number of halogens is 1. The summed E-state index contributed by atoms with van der Waals surface area (Å²) in [6.45, 7) is 3.84. The zero-order chi connectivity index (χ0) is 19.7. The van der Waals surface area contributed by atoms with Crippen LogP contribution in [0, 0.1) is 6.92 Å². The quantitative estimate of drug-likeness (QED) is 0.573. The summed E-state index contributed by atoms with van der Waals surface area (Å²) in [7, 11) is 0. The minimum absolute atomic E-state index is 0.129. The van der Waals surface area contributed by atoms with E-state index < -0.39 is 5.54 Å². The van der Waals surface area contributed by atoms with Crippen molar-refractivity contribution in [1.82, 2.24) is 20.3 Å². The summed E-state index contributed by atoms with van der Waals surface area (Å²) in [4.78, 5) is 26.6. The highest BCUT2D eigenvalue weighted by molar-refractivity contribution is 6.17. The van der Waals surface area contributed by atoms with Crippen LogP contribution in [0.4, 0.5) is 5.82 Å². The molecule has 1 fully saturated rings. The normalized spacial score (nSPS) is 19.3. The maximum Gasteiger partial charge on any atom is 0.251 e. The third-order valence-corrected chi connectivity index (χ3v) is 5.61. The SMILES string of the molecule is Cc1c[nH]c2ncnc(N3CCC(N)(CNC(=O)c4ccc(CCl)cc4)C3)c12.